The van der Waals surface area contributed by atoms with E-state index in [9.17, 15) is 4.39 Å². The molecule has 0 aliphatic carbocycles. The topological polar surface area (TPSA) is 39.7 Å². The van der Waals surface area contributed by atoms with Crippen LogP contribution in [-0.2, 0) is 16.0 Å². The van der Waals surface area contributed by atoms with Crippen LogP contribution < -0.4 is 10.1 Å². The highest BCUT2D eigenvalue weighted by Gasteiger charge is 2.02. The van der Waals surface area contributed by atoms with Gasteiger partial charge in [0.1, 0.15) is 18.2 Å². The fourth-order valence-electron chi connectivity index (χ4n) is 1.75. The highest BCUT2D eigenvalue weighted by Crippen LogP contribution is 2.16. The van der Waals surface area contributed by atoms with Crippen LogP contribution in [0.15, 0.2) is 18.2 Å². The minimum absolute atomic E-state index is 0.292. The molecule has 1 aromatic carbocycles. The number of methoxy groups -OCH3 is 1. The molecule has 0 saturated heterocycles. The van der Waals surface area contributed by atoms with E-state index in [1.165, 1.54) is 12.1 Å². The normalized spacial score (nSPS) is 11.1. The van der Waals surface area contributed by atoms with Crippen LogP contribution in [0.5, 0.6) is 5.75 Å². The van der Waals surface area contributed by atoms with Gasteiger partial charge >= 0.3 is 0 Å². The third-order valence-corrected chi connectivity index (χ3v) is 2.69. The highest BCUT2D eigenvalue weighted by molar-refractivity contribution is 5.29. The van der Waals surface area contributed by atoms with Gasteiger partial charge in [0.05, 0.1) is 13.2 Å². The molecule has 21 heavy (non-hydrogen) atoms. The van der Waals surface area contributed by atoms with Gasteiger partial charge in [0.2, 0.25) is 0 Å². The van der Waals surface area contributed by atoms with Gasteiger partial charge in [-0.05, 0) is 23.6 Å². The van der Waals surface area contributed by atoms with Crippen molar-refractivity contribution >= 4 is 0 Å². The van der Waals surface area contributed by atoms with E-state index in [0.717, 1.165) is 12.1 Å². The maximum Gasteiger partial charge on any atom is 0.127 e. The number of rotatable bonds is 11. The van der Waals surface area contributed by atoms with Gasteiger partial charge in [0.15, 0.2) is 0 Å². The summed E-state index contributed by atoms with van der Waals surface area (Å²) in [4.78, 5) is 0. The molecule has 0 bridgehead atoms. The van der Waals surface area contributed by atoms with E-state index in [0.29, 0.717) is 44.6 Å². The molecule has 0 aromatic heterocycles. The summed E-state index contributed by atoms with van der Waals surface area (Å²) in [7, 11) is 1.65. The molecule has 0 radical (unpaired) electrons. The summed E-state index contributed by atoms with van der Waals surface area (Å²) >= 11 is 0. The molecule has 0 spiro atoms. The SMILES string of the molecule is COCCNCc1cc(F)cc(OCCOCC(C)C)c1. The quantitative estimate of drug-likeness (QED) is 0.638. The first-order valence-corrected chi connectivity index (χ1v) is 7.31. The van der Waals surface area contributed by atoms with Gasteiger partial charge in [-0.1, -0.05) is 13.8 Å². The molecule has 1 aromatic rings. The van der Waals surface area contributed by atoms with Crippen LogP contribution in [-0.4, -0.2) is 40.1 Å². The highest BCUT2D eigenvalue weighted by atomic mass is 19.1. The lowest BCUT2D eigenvalue weighted by Gasteiger charge is -2.10. The average molecular weight is 299 g/mol. The lowest BCUT2D eigenvalue weighted by molar-refractivity contribution is 0.0818. The molecule has 4 nitrogen and oxygen atoms in total. The fourth-order valence-corrected chi connectivity index (χ4v) is 1.75. The van der Waals surface area contributed by atoms with Crippen molar-refractivity contribution in [3.8, 4) is 5.75 Å². The molecule has 1 rings (SSSR count). The van der Waals surface area contributed by atoms with Gasteiger partial charge < -0.3 is 19.5 Å². The number of hydrogen-bond donors (Lipinski definition) is 1. The first-order chi connectivity index (χ1) is 10.1. The van der Waals surface area contributed by atoms with Crippen molar-refractivity contribution in [2.24, 2.45) is 5.92 Å². The Labute approximate surface area is 126 Å². The Balaban J connectivity index is 2.34. The van der Waals surface area contributed by atoms with Crippen molar-refractivity contribution in [1.82, 2.24) is 5.32 Å². The number of nitrogens with one attached hydrogen (secondary N) is 1. The van der Waals surface area contributed by atoms with E-state index < -0.39 is 0 Å². The zero-order valence-corrected chi connectivity index (χ0v) is 13.2. The van der Waals surface area contributed by atoms with E-state index >= 15 is 0 Å². The van der Waals surface area contributed by atoms with Crippen molar-refractivity contribution < 1.29 is 18.6 Å². The summed E-state index contributed by atoms with van der Waals surface area (Å²) in [5.41, 5.74) is 0.851. The van der Waals surface area contributed by atoms with E-state index in [4.69, 9.17) is 14.2 Å². The molecule has 0 aliphatic heterocycles. The van der Waals surface area contributed by atoms with Gasteiger partial charge in [0, 0.05) is 32.9 Å². The van der Waals surface area contributed by atoms with Gasteiger partial charge in [-0.25, -0.2) is 4.39 Å². The summed E-state index contributed by atoms with van der Waals surface area (Å²) in [5.74, 6) is 0.745. The van der Waals surface area contributed by atoms with Crippen LogP contribution in [0.4, 0.5) is 4.39 Å². The van der Waals surface area contributed by atoms with Crippen LogP contribution in [0.3, 0.4) is 0 Å². The second-order valence-electron chi connectivity index (χ2n) is 5.28. The minimum Gasteiger partial charge on any atom is -0.491 e. The smallest absolute Gasteiger partial charge is 0.127 e. The van der Waals surface area contributed by atoms with Gasteiger partial charge in [-0.2, -0.15) is 0 Å². The maximum atomic E-state index is 13.5. The molecule has 0 unspecified atom stereocenters. The van der Waals surface area contributed by atoms with Crippen LogP contribution >= 0.6 is 0 Å². The largest absolute Gasteiger partial charge is 0.491 e. The Morgan fingerprint density at radius 1 is 1.14 bits per heavy atom. The molecule has 5 heteroatoms. The van der Waals surface area contributed by atoms with Crippen LogP contribution in [0.2, 0.25) is 0 Å². The molecule has 120 valence electrons. The fraction of sp³-hybridized carbons (Fsp3) is 0.625. The van der Waals surface area contributed by atoms with E-state index in [-0.39, 0.29) is 5.82 Å². The monoisotopic (exact) mass is 299 g/mol. The van der Waals surface area contributed by atoms with Crippen molar-refractivity contribution in [3.05, 3.63) is 29.6 Å². The molecule has 0 fully saturated rings. The minimum atomic E-state index is -0.292. The Morgan fingerprint density at radius 2 is 1.95 bits per heavy atom. The molecule has 0 aliphatic rings. The summed E-state index contributed by atoms with van der Waals surface area (Å²) in [6.07, 6.45) is 0. The molecular formula is C16H26FNO3. The first kappa shape index (κ1) is 17.9. The van der Waals surface area contributed by atoms with Gasteiger partial charge in [-0.15, -0.1) is 0 Å². The zero-order chi connectivity index (χ0) is 15.5. The van der Waals surface area contributed by atoms with E-state index in [1.807, 2.05) is 6.07 Å². The summed E-state index contributed by atoms with van der Waals surface area (Å²) in [6.45, 7) is 7.77. The third-order valence-electron chi connectivity index (χ3n) is 2.69. The molecule has 0 heterocycles. The first-order valence-electron chi connectivity index (χ1n) is 7.31. The second-order valence-corrected chi connectivity index (χ2v) is 5.28. The Hall–Kier alpha value is -1.17. The maximum absolute atomic E-state index is 13.5. The lowest BCUT2D eigenvalue weighted by atomic mass is 10.2. The van der Waals surface area contributed by atoms with E-state index in [2.05, 4.69) is 19.2 Å². The number of hydrogen-bond acceptors (Lipinski definition) is 4. The van der Waals surface area contributed by atoms with Gasteiger partial charge in [-0.3, -0.25) is 0 Å². The second kappa shape index (κ2) is 10.5. The third kappa shape index (κ3) is 8.65. The zero-order valence-electron chi connectivity index (χ0n) is 13.2. The molecule has 0 saturated carbocycles. The van der Waals surface area contributed by atoms with E-state index in [1.54, 1.807) is 7.11 Å². The molecule has 0 atom stereocenters. The van der Waals surface area contributed by atoms with Gasteiger partial charge in [0.25, 0.3) is 0 Å². The van der Waals surface area contributed by atoms with Crippen molar-refractivity contribution in [2.75, 3.05) is 40.1 Å². The lowest BCUT2D eigenvalue weighted by Crippen LogP contribution is -2.18. The summed E-state index contributed by atoms with van der Waals surface area (Å²) < 4.78 is 29.4. The number of ether oxygens (including phenoxy) is 3. The average Bonchev–Trinajstić information content (AvgIpc) is 2.42. The predicted molar refractivity (Wildman–Crippen MR) is 81.1 cm³/mol. The number of benzene rings is 1. The molecular weight excluding hydrogens is 273 g/mol. The standard InChI is InChI=1S/C16H26FNO3/c1-13(2)12-20-6-7-21-16-9-14(8-15(17)10-16)11-18-4-5-19-3/h8-10,13,18H,4-7,11-12H2,1-3H3. The predicted octanol–water partition coefficient (Wildman–Crippen LogP) is 2.61. The van der Waals surface area contributed by atoms with Crippen molar-refractivity contribution in [1.29, 1.82) is 0 Å². The molecule has 0 amide bonds. The Bertz CT molecular complexity index is 399. The van der Waals surface area contributed by atoms with Crippen molar-refractivity contribution in [3.63, 3.8) is 0 Å². The number of halogens is 1. The Kier molecular flexibility index (Phi) is 8.98. The van der Waals surface area contributed by atoms with Crippen molar-refractivity contribution in [2.45, 2.75) is 20.4 Å². The van der Waals surface area contributed by atoms with Crippen LogP contribution in [0, 0.1) is 11.7 Å². The Morgan fingerprint density at radius 3 is 2.67 bits per heavy atom. The summed E-state index contributed by atoms with van der Waals surface area (Å²) in [5, 5.41) is 3.17. The molecule has 1 N–H and O–H groups in total. The van der Waals surface area contributed by atoms with Crippen LogP contribution in [0.25, 0.3) is 0 Å². The summed E-state index contributed by atoms with van der Waals surface area (Å²) in [6, 6.07) is 4.73. The van der Waals surface area contributed by atoms with Crippen LogP contribution in [0.1, 0.15) is 19.4 Å².